The predicted molar refractivity (Wildman–Crippen MR) is 126 cm³/mol. The van der Waals surface area contributed by atoms with Crippen molar-refractivity contribution in [1.82, 2.24) is 0 Å². The van der Waals surface area contributed by atoms with Crippen LogP contribution in [0.2, 0.25) is 3.63 Å². The summed E-state index contributed by atoms with van der Waals surface area (Å²) in [6.45, 7) is 2.30. The molecular formula is C29H30Cl2Zr. The van der Waals surface area contributed by atoms with Gasteiger partial charge in [-0.15, -0.1) is 0 Å². The van der Waals surface area contributed by atoms with Crippen LogP contribution in [-0.2, 0) is 21.3 Å². The molecule has 0 nitrogen and oxygen atoms in total. The normalized spacial score (nSPS) is 18.6. The van der Waals surface area contributed by atoms with Crippen molar-refractivity contribution < 1.29 is 46.1 Å². The molecule has 0 amide bonds. The quantitative estimate of drug-likeness (QED) is 0.542. The Morgan fingerprint density at radius 1 is 0.875 bits per heavy atom. The number of hydrogen-bond acceptors (Lipinski definition) is 0. The molecule has 0 saturated carbocycles. The first-order chi connectivity index (χ1) is 14.8. The Balaban J connectivity index is 0.00000144. The molecule has 2 aromatic rings. The molecule has 0 spiro atoms. The molecule has 3 heteroatoms. The summed E-state index contributed by atoms with van der Waals surface area (Å²) in [5.74, 6) is 0. The van der Waals surface area contributed by atoms with Crippen molar-refractivity contribution in [2.45, 2.75) is 49.1 Å². The Bertz CT molecular complexity index is 1050. The molecule has 1 unspecified atom stereocenters. The van der Waals surface area contributed by atoms with Crippen molar-refractivity contribution in [3.8, 4) is 0 Å². The molecule has 3 aliphatic rings. The van der Waals surface area contributed by atoms with Crippen molar-refractivity contribution in [1.29, 1.82) is 0 Å². The SMILES string of the molecule is CCC1=CC[C]([Zr+2](=[C](c2ccccc2)c2ccccc2)[CH]2C=CC3=C2CCCC3)=C1.[Cl-].[Cl-]. The van der Waals surface area contributed by atoms with Gasteiger partial charge in [0.15, 0.2) is 0 Å². The molecule has 0 heterocycles. The van der Waals surface area contributed by atoms with Gasteiger partial charge in [-0.3, -0.25) is 0 Å². The first-order valence-corrected chi connectivity index (χ1v) is 15.4. The van der Waals surface area contributed by atoms with E-state index in [1.807, 2.05) is 0 Å². The van der Waals surface area contributed by atoms with E-state index in [2.05, 4.69) is 91.9 Å². The Morgan fingerprint density at radius 3 is 2.09 bits per heavy atom. The standard InChI is InChI=1S/C13H10.C9H11.C7H9.2ClH.Zr/c1-3-7-12(8-4-1)11-13-9-5-2-6-10-13;1-2-5-9-7-3-6-8(9)4-1;1-2-7-5-3-4-6-7;;;/h1-10H;3,6-7H,1-2,4-5H2;5-6H,2-3H2,1H3;2*1H;/q;;;;;+2/p-2. The third-order valence-corrected chi connectivity index (χ3v) is 15.0. The van der Waals surface area contributed by atoms with Crippen LogP contribution in [0.4, 0.5) is 0 Å². The third kappa shape index (κ3) is 5.11. The Kier molecular flexibility index (Phi) is 9.30. The first kappa shape index (κ1) is 25.4. The fraction of sp³-hybridized carbons (Fsp3) is 0.276. The largest absolute Gasteiger partial charge is 1.00 e. The van der Waals surface area contributed by atoms with E-state index in [1.54, 1.807) is 23.2 Å². The Labute approximate surface area is 213 Å². The summed E-state index contributed by atoms with van der Waals surface area (Å²) in [4.78, 5) is 0. The van der Waals surface area contributed by atoms with Gasteiger partial charge in [0.05, 0.1) is 0 Å². The van der Waals surface area contributed by atoms with E-state index < -0.39 is 21.3 Å². The number of hydrogen-bond donors (Lipinski definition) is 0. The number of benzene rings is 2. The van der Waals surface area contributed by atoms with Crippen molar-refractivity contribution in [3.05, 3.63) is 116 Å². The topological polar surface area (TPSA) is 0 Å². The van der Waals surface area contributed by atoms with Crippen LogP contribution in [0, 0.1) is 0 Å². The van der Waals surface area contributed by atoms with Gasteiger partial charge in [-0.1, -0.05) is 0 Å². The van der Waals surface area contributed by atoms with Crippen LogP contribution in [0.5, 0.6) is 0 Å². The van der Waals surface area contributed by atoms with E-state index >= 15 is 0 Å². The monoisotopic (exact) mass is 538 g/mol. The Hall–Kier alpha value is -1.27. The van der Waals surface area contributed by atoms with Crippen LogP contribution in [0.3, 0.4) is 0 Å². The van der Waals surface area contributed by atoms with E-state index in [1.165, 1.54) is 43.2 Å². The van der Waals surface area contributed by atoms with E-state index in [0.717, 1.165) is 6.42 Å². The molecule has 0 radical (unpaired) electrons. The molecule has 2 aromatic carbocycles. The minimum atomic E-state index is -2.25. The van der Waals surface area contributed by atoms with E-state index in [4.69, 9.17) is 0 Å². The van der Waals surface area contributed by atoms with Gasteiger partial charge in [-0.25, -0.2) is 0 Å². The van der Waals surface area contributed by atoms with Gasteiger partial charge in [0.1, 0.15) is 0 Å². The fourth-order valence-corrected chi connectivity index (χ4v) is 14.2. The average molecular weight is 541 g/mol. The summed E-state index contributed by atoms with van der Waals surface area (Å²) in [6.07, 6.45) is 17.9. The van der Waals surface area contributed by atoms with Gasteiger partial charge >= 0.3 is 190 Å². The number of allylic oxidation sites excluding steroid dienone is 8. The van der Waals surface area contributed by atoms with Gasteiger partial charge < -0.3 is 24.8 Å². The van der Waals surface area contributed by atoms with Gasteiger partial charge in [0.25, 0.3) is 0 Å². The minimum absolute atomic E-state index is 0. The summed E-state index contributed by atoms with van der Waals surface area (Å²) < 4.78 is 4.16. The van der Waals surface area contributed by atoms with Gasteiger partial charge in [-0.05, 0) is 0 Å². The molecule has 5 rings (SSSR count). The molecular weight excluding hydrogens is 510 g/mol. The molecule has 0 aliphatic heterocycles. The molecule has 0 saturated heterocycles. The van der Waals surface area contributed by atoms with Crippen LogP contribution < -0.4 is 24.8 Å². The number of halogens is 2. The first-order valence-electron chi connectivity index (χ1n) is 11.5. The third-order valence-electron chi connectivity index (χ3n) is 6.82. The van der Waals surface area contributed by atoms with Crippen LogP contribution in [0.15, 0.2) is 105 Å². The summed E-state index contributed by atoms with van der Waals surface area (Å²) in [7, 11) is 0. The van der Waals surface area contributed by atoms with Crippen molar-refractivity contribution >= 4 is 3.21 Å². The molecule has 0 fully saturated rings. The summed E-state index contributed by atoms with van der Waals surface area (Å²) in [5.41, 5.74) is 7.91. The maximum absolute atomic E-state index is 2.61. The summed E-state index contributed by atoms with van der Waals surface area (Å²) in [5, 5.41) is 0. The zero-order chi connectivity index (χ0) is 20.3. The molecule has 0 aromatic heterocycles. The maximum atomic E-state index is 2.61. The van der Waals surface area contributed by atoms with E-state index in [-0.39, 0.29) is 24.8 Å². The van der Waals surface area contributed by atoms with Crippen molar-refractivity contribution in [2.24, 2.45) is 0 Å². The Morgan fingerprint density at radius 2 is 1.50 bits per heavy atom. The zero-order valence-corrected chi connectivity index (χ0v) is 22.6. The summed E-state index contributed by atoms with van der Waals surface area (Å²) in [6, 6.07) is 22.6. The van der Waals surface area contributed by atoms with E-state index in [0.29, 0.717) is 3.63 Å². The molecule has 1 atom stereocenters. The van der Waals surface area contributed by atoms with Crippen LogP contribution in [-0.4, -0.2) is 3.21 Å². The predicted octanol–water partition coefficient (Wildman–Crippen LogP) is 1.73. The molecule has 0 N–H and O–H groups in total. The molecule has 0 bridgehead atoms. The zero-order valence-electron chi connectivity index (χ0n) is 18.7. The smallest absolute Gasteiger partial charge is 1.00 e. The van der Waals surface area contributed by atoms with Gasteiger partial charge in [-0.2, -0.15) is 0 Å². The van der Waals surface area contributed by atoms with Gasteiger partial charge in [0.2, 0.25) is 0 Å². The van der Waals surface area contributed by atoms with Crippen molar-refractivity contribution in [2.75, 3.05) is 0 Å². The second kappa shape index (κ2) is 11.7. The molecule has 32 heavy (non-hydrogen) atoms. The van der Waals surface area contributed by atoms with Crippen molar-refractivity contribution in [3.63, 3.8) is 0 Å². The number of rotatable bonds is 5. The average Bonchev–Trinajstić information content (AvgIpc) is 3.46. The molecule has 164 valence electrons. The second-order valence-electron chi connectivity index (χ2n) is 8.62. The van der Waals surface area contributed by atoms with Crippen LogP contribution in [0.25, 0.3) is 0 Å². The van der Waals surface area contributed by atoms with Crippen LogP contribution in [0.1, 0.15) is 56.6 Å². The van der Waals surface area contributed by atoms with Crippen LogP contribution >= 0.6 is 0 Å². The second-order valence-corrected chi connectivity index (χ2v) is 15.0. The van der Waals surface area contributed by atoms with Gasteiger partial charge in [0, 0.05) is 0 Å². The molecule has 3 aliphatic carbocycles. The fourth-order valence-electron chi connectivity index (χ4n) is 5.32. The maximum Gasteiger partial charge on any atom is -1.00 e. The minimum Gasteiger partial charge on any atom is -1.00 e. The summed E-state index contributed by atoms with van der Waals surface area (Å²) >= 11 is -2.25. The van der Waals surface area contributed by atoms with E-state index in [9.17, 15) is 0 Å².